The van der Waals surface area contributed by atoms with Crippen LogP contribution in [0.4, 0.5) is 18.9 Å². The summed E-state index contributed by atoms with van der Waals surface area (Å²) in [5, 5.41) is 0. The molecule has 0 heterocycles. The van der Waals surface area contributed by atoms with Crippen LogP contribution >= 0.6 is 0 Å². The van der Waals surface area contributed by atoms with Crippen LogP contribution < -0.4 is 10.6 Å². The molecular weight excluding hydrogens is 241 g/mol. The maximum Gasteiger partial charge on any atom is 0.416 e. The monoisotopic (exact) mass is 258 g/mol. The largest absolute Gasteiger partial charge is 0.416 e. The van der Waals surface area contributed by atoms with Crippen LogP contribution in [-0.2, 0) is 6.18 Å². The molecule has 2 nitrogen and oxygen atoms in total. The zero-order chi connectivity index (χ0) is 13.3. The molecule has 1 fully saturated rings. The first-order valence-electron chi connectivity index (χ1n) is 6.03. The fourth-order valence-electron chi connectivity index (χ4n) is 2.44. The first-order valence-corrected chi connectivity index (χ1v) is 6.03. The molecule has 0 bridgehead atoms. The molecule has 18 heavy (non-hydrogen) atoms. The molecule has 1 aliphatic carbocycles. The van der Waals surface area contributed by atoms with Gasteiger partial charge in [-0.2, -0.15) is 13.2 Å². The second kappa shape index (κ2) is 4.80. The Hall–Kier alpha value is -1.23. The van der Waals surface area contributed by atoms with Gasteiger partial charge in [0.05, 0.1) is 5.56 Å². The van der Waals surface area contributed by atoms with E-state index in [0.29, 0.717) is 6.04 Å². The van der Waals surface area contributed by atoms with E-state index in [1.807, 2.05) is 11.9 Å². The molecule has 5 heteroatoms. The highest BCUT2D eigenvalue weighted by molar-refractivity contribution is 5.48. The second-order valence-electron chi connectivity index (χ2n) is 4.88. The molecule has 1 aliphatic rings. The van der Waals surface area contributed by atoms with E-state index in [-0.39, 0.29) is 6.04 Å². The molecule has 0 unspecified atom stereocenters. The second-order valence-corrected chi connectivity index (χ2v) is 4.88. The summed E-state index contributed by atoms with van der Waals surface area (Å²) in [5.41, 5.74) is 6.05. The Kier molecular flexibility index (Phi) is 3.52. The molecular formula is C13H17F3N2. The van der Waals surface area contributed by atoms with Crippen LogP contribution in [0.5, 0.6) is 0 Å². The SMILES string of the molecule is CN(c1ccc(C(F)(F)F)cc1)[C@@H]1CC[C@@H](N)C1. The number of hydrogen-bond donors (Lipinski definition) is 1. The molecule has 1 aromatic carbocycles. The number of alkyl halides is 3. The van der Waals surface area contributed by atoms with Gasteiger partial charge in [-0.3, -0.25) is 0 Å². The Balaban J connectivity index is 2.10. The molecule has 2 atom stereocenters. The molecule has 1 aromatic rings. The first-order chi connectivity index (χ1) is 8.38. The highest BCUT2D eigenvalue weighted by Crippen LogP contribution is 2.32. The molecule has 0 radical (unpaired) electrons. The predicted molar refractivity (Wildman–Crippen MR) is 65.5 cm³/mol. The van der Waals surface area contributed by atoms with Gasteiger partial charge in [0.15, 0.2) is 0 Å². The minimum Gasteiger partial charge on any atom is -0.372 e. The van der Waals surface area contributed by atoms with Gasteiger partial charge in [-0.05, 0) is 43.5 Å². The first kappa shape index (κ1) is 13.2. The lowest BCUT2D eigenvalue weighted by Crippen LogP contribution is -2.30. The third-order valence-corrected chi connectivity index (χ3v) is 3.60. The van der Waals surface area contributed by atoms with E-state index in [1.165, 1.54) is 12.1 Å². The Morgan fingerprint density at radius 1 is 1.17 bits per heavy atom. The quantitative estimate of drug-likeness (QED) is 0.883. The van der Waals surface area contributed by atoms with E-state index < -0.39 is 11.7 Å². The van der Waals surface area contributed by atoms with Crippen molar-refractivity contribution in [1.82, 2.24) is 0 Å². The van der Waals surface area contributed by atoms with Crippen molar-refractivity contribution < 1.29 is 13.2 Å². The summed E-state index contributed by atoms with van der Waals surface area (Å²) in [6.07, 6.45) is -1.39. The normalized spacial score (nSPS) is 24.3. The molecule has 100 valence electrons. The minimum atomic E-state index is -4.27. The summed E-state index contributed by atoms with van der Waals surface area (Å²) >= 11 is 0. The van der Waals surface area contributed by atoms with Crippen molar-refractivity contribution in [3.63, 3.8) is 0 Å². The van der Waals surface area contributed by atoms with Gasteiger partial charge in [0.1, 0.15) is 0 Å². The number of nitrogens with zero attached hydrogens (tertiary/aromatic N) is 1. The smallest absolute Gasteiger partial charge is 0.372 e. The Morgan fingerprint density at radius 3 is 2.22 bits per heavy atom. The molecule has 0 aliphatic heterocycles. The van der Waals surface area contributed by atoms with E-state index in [0.717, 1.165) is 37.1 Å². The summed E-state index contributed by atoms with van der Waals surface area (Å²) in [6, 6.07) is 5.84. The van der Waals surface area contributed by atoms with Crippen molar-refractivity contribution in [1.29, 1.82) is 0 Å². The Morgan fingerprint density at radius 2 is 1.78 bits per heavy atom. The maximum atomic E-state index is 12.4. The van der Waals surface area contributed by atoms with Gasteiger partial charge in [-0.1, -0.05) is 0 Å². The molecule has 0 saturated heterocycles. The van der Waals surface area contributed by atoms with Gasteiger partial charge in [0.2, 0.25) is 0 Å². The topological polar surface area (TPSA) is 29.3 Å². The lowest BCUT2D eigenvalue weighted by Gasteiger charge is -2.27. The average molecular weight is 258 g/mol. The molecule has 2 rings (SSSR count). The lowest BCUT2D eigenvalue weighted by molar-refractivity contribution is -0.137. The van der Waals surface area contributed by atoms with Gasteiger partial charge < -0.3 is 10.6 Å². The fraction of sp³-hybridized carbons (Fsp3) is 0.538. The van der Waals surface area contributed by atoms with Crippen LogP contribution in [0, 0.1) is 0 Å². The number of halogens is 3. The van der Waals surface area contributed by atoms with Crippen LogP contribution in [0.3, 0.4) is 0 Å². The minimum absolute atomic E-state index is 0.215. The molecule has 0 spiro atoms. The van der Waals surface area contributed by atoms with Crippen LogP contribution in [0.1, 0.15) is 24.8 Å². The van der Waals surface area contributed by atoms with Crippen LogP contribution in [0.2, 0.25) is 0 Å². The number of rotatable bonds is 2. The zero-order valence-electron chi connectivity index (χ0n) is 10.2. The van der Waals surface area contributed by atoms with Gasteiger partial charge in [0, 0.05) is 24.8 Å². The van der Waals surface area contributed by atoms with E-state index in [9.17, 15) is 13.2 Å². The molecule has 0 aromatic heterocycles. The van der Waals surface area contributed by atoms with E-state index in [1.54, 1.807) is 0 Å². The van der Waals surface area contributed by atoms with Crippen LogP contribution in [-0.4, -0.2) is 19.1 Å². The van der Waals surface area contributed by atoms with Crippen molar-refractivity contribution >= 4 is 5.69 Å². The number of hydrogen-bond acceptors (Lipinski definition) is 2. The molecule has 2 N–H and O–H groups in total. The Bertz CT molecular complexity index is 400. The summed E-state index contributed by atoms with van der Waals surface area (Å²) in [7, 11) is 1.91. The third-order valence-electron chi connectivity index (χ3n) is 3.60. The lowest BCUT2D eigenvalue weighted by atomic mass is 10.1. The van der Waals surface area contributed by atoms with Crippen molar-refractivity contribution in [2.45, 2.75) is 37.5 Å². The fourth-order valence-corrected chi connectivity index (χ4v) is 2.44. The zero-order valence-corrected chi connectivity index (χ0v) is 10.2. The molecule has 0 amide bonds. The van der Waals surface area contributed by atoms with Crippen molar-refractivity contribution in [3.05, 3.63) is 29.8 Å². The average Bonchev–Trinajstić information content (AvgIpc) is 2.74. The van der Waals surface area contributed by atoms with Crippen molar-refractivity contribution in [2.24, 2.45) is 5.73 Å². The van der Waals surface area contributed by atoms with Gasteiger partial charge in [0.25, 0.3) is 0 Å². The van der Waals surface area contributed by atoms with Gasteiger partial charge in [-0.25, -0.2) is 0 Å². The van der Waals surface area contributed by atoms with Crippen LogP contribution in [0.15, 0.2) is 24.3 Å². The third kappa shape index (κ3) is 2.77. The summed E-state index contributed by atoms with van der Waals surface area (Å²) in [6.45, 7) is 0. The highest BCUT2D eigenvalue weighted by Gasteiger charge is 2.30. The van der Waals surface area contributed by atoms with E-state index in [2.05, 4.69) is 0 Å². The van der Waals surface area contributed by atoms with Gasteiger partial charge in [-0.15, -0.1) is 0 Å². The summed E-state index contributed by atoms with van der Waals surface area (Å²) < 4.78 is 37.3. The molecule has 1 saturated carbocycles. The Labute approximate surface area is 105 Å². The predicted octanol–water partition coefficient (Wildman–Crippen LogP) is 3.02. The number of nitrogens with two attached hydrogens (primary N) is 1. The van der Waals surface area contributed by atoms with E-state index >= 15 is 0 Å². The van der Waals surface area contributed by atoms with Crippen LogP contribution in [0.25, 0.3) is 0 Å². The highest BCUT2D eigenvalue weighted by atomic mass is 19.4. The number of benzene rings is 1. The van der Waals surface area contributed by atoms with Crippen molar-refractivity contribution in [3.8, 4) is 0 Å². The van der Waals surface area contributed by atoms with E-state index in [4.69, 9.17) is 5.73 Å². The summed E-state index contributed by atoms with van der Waals surface area (Å²) in [5.74, 6) is 0. The van der Waals surface area contributed by atoms with Gasteiger partial charge >= 0.3 is 6.18 Å². The summed E-state index contributed by atoms with van der Waals surface area (Å²) in [4.78, 5) is 2.02. The maximum absolute atomic E-state index is 12.4. The number of anilines is 1. The standard InChI is InChI=1S/C13H17F3N2/c1-18(12-7-4-10(17)8-12)11-5-2-9(3-6-11)13(14,15)16/h2-3,5-6,10,12H,4,7-8,17H2,1H3/t10-,12-/m1/s1. The van der Waals surface area contributed by atoms with Crippen molar-refractivity contribution in [2.75, 3.05) is 11.9 Å².